The van der Waals surface area contributed by atoms with Gasteiger partial charge in [-0.15, -0.1) is 0 Å². The van der Waals surface area contributed by atoms with Gasteiger partial charge in [-0.3, -0.25) is 14.5 Å². The maximum absolute atomic E-state index is 13.1. The fraction of sp³-hybridized carbons (Fsp3) is 0.194. The van der Waals surface area contributed by atoms with Crippen LogP contribution >= 0.6 is 0 Å². The Kier molecular flexibility index (Phi) is 7.69. The molecule has 1 aliphatic heterocycles. The smallest absolute Gasteiger partial charge is 0.337 e. The summed E-state index contributed by atoms with van der Waals surface area (Å²) in [7, 11) is 0. The van der Waals surface area contributed by atoms with E-state index < -0.39 is 17.9 Å². The first-order chi connectivity index (χ1) is 19.5. The van der Waals surface area contributed by atoms with Crippen LogP contribution in [0.25, 0.3) is 22.4 Å². The Hall–Kier alpha value is -5.23. The van der Waals surface area contributed by atoms with Crippen molar-refractivity contribution in [1.29, 1.82) is 0 Å². The maximum Gasteiger partial charge on any atom is 0.337 e. The molecule has 0 fully saturated rings. The van der Waals surface area contributed by atoms with E-state index in [0.717, 1.165) is 27.8 Å². The highest BCUT2D eigenvalue weighted by Crippen LogP contribution is 2.35. The summed E-state index contributed by atoms with van der Waals surface area (Å²) in [5.41, 5.74) is 6.03. The van der Waals surface area contributed by atoms with E-state index in [1.54, 1.807) is 58.0 Å². The van der Waals surface area contributed by atoms with E-state index in [2.05, 4.69) is 32.1 Å². The molecule has 0 radical (unpaired) electrons. The SMILES string of the molecule is CCOC(=O)C1=C(c2ccc(-n3cnc4cnccc43)cc2)NC(C)=C(C(=O)OCC#Cc2cccnc2)C1C. The van der Waals surface area contributed by atoms with Crippen molar-refractivity contribution in [3.63, 3.8) is 0 Å². The lowest BCUT2D eigenvalue weighted by Crippen LogP contribution is -2.32. The normalized spacial score (nSPS) is 14.8. The molecule has 9 heteroatoms. The number of hydrogen-bond donors (Lipinski definition) is 1. The van der Waals surface area contributed by atoms with E-state index in [9.17, 15) is 9.59 Å². The van der Waals surface area contributed by atoms with E-state index in [-0.39, 0.29) is 13.2 Å². The van der Waals surface area contributed by atoms with E-state index >= 15 is 0 Å². The number of dihydropyridines is 1. The Labute approximate surface area is 231 Å². The average molecular weight is 534 g/mol. The summed E-state index contributed by atoms with van der Waals surface area (Å²) in [6.45, 7) is 5.44. The number of carbonyl (C=O) groups is 2. The summed E-state index contributed by atoms with van der Waals surface area (Å²) in [5, 5.41) is 3.27. The first-order valence-corrected chi connectivity index (χ1v) is 12.8. The molecule has 40 heavy (non-hydrogen) atoms. The van der Waals surface area contributed by atoms with Gasteiger partial charge in [-0.2, -0.15) is 0 Å². The van der Waals surface area contributed by atoms with Gasteiger partial charge in [0.15, 0.2) is 6.61 Å². The highest BCUT2D eigenvalue weighted by Gasteiger charge is 2.35. The minimum Gasteiger partial charge on any atom is -0.463 e. The third-order valence-electron chi connectivity index (χ3n) is 6.52. The zero-order valence-corrected chi connectivity index (χ0v) is 22.3. The van der Waals surface area contributed by atoms with Crippen molar-refractivity contribution in [2.45, 2.75) is 20.8 Å². The highest BCUT2D eigenvalue weighted by atomic mass is 16.5. The Morgan fingerprint density at radius 3 is 2.52 bits per heavy atom. The van der Waals surface area contributed by atoms with Gasteiger partial charge in [0.1, 0.15) is 11.8 Å². The Morgan fingerprint density at radius 2 is 1.77 bits per heavy atom. The van der Waals surface area contributed by atoms with Crippen molar-refractivity contribution in [2.24, 2.45) is 5.92 Å². The summed E-state index contributed by atoms with van der Waals surface area (Å²) < 4.78 is 12.8. The van der Waals surface area contributed by atoms with Gasteiger partial charge < -0.3 is 14.8 Å². The molecule has 3 aromatic heterocycles. The number of nitrogens with zero attached hydrogens (tertiary/aromatic N) is 4. The average Bonchev–Trinajstić information content (AvgIpc) is 3.40. The number of rotatable bonds is 6. The number of benzene rings is 1. The lowest BCUT2D eigenvalue weighted by molar-refractivity contribution is -0.139. The fourth-order valence-electron chi connectivity index (χ4n) is 4.67. The standard InChI is InChI=1S/C31H27N5O4/c1-4-39-31(38)28-20(2)27(30(37)40-16-6-8-22-7-5-14-32-17-22)21(3)35-29(28)23-9-11-24(12-10-23)36-19-34-25-18-33-15-13-26(25)36/h5,7,9-15,17-20,35H,4,16H2,1-3H3. The molecule has 200 valence electrons. The Morgan fingerprint density at radius 1 is 1.00 bits per heavy atom. The molecule has 1 atom stereocenters. The molecular formula is C31H27N5O4. The zero-order chi connectivity index (χ0) is 28.1. The van der Waals surface area contributed by atoms with Gasteiger partial charge in [0.05, 0.1) is 35.2 Å². The monoisotopic (exact) mass is 533 g/mol. The van der Waals surface area contributed by atoms with Crippen molar-refractivity contribution >= 4 is 28.7 Å². The number of imidazole rings is 1. The van der Waals surface area contributed by atoms with Crippen LogP contribution in [0.1, 0.15) is 31.9 Å². The summed E-state index contributed by atoms with van der Waals surface area (Å²) >= 11 is 0. The largest absolute Gasteiger partial charge is 0.463 e. The number of aromatic nitrogens is 4. The summed E-state index contributed by atoms with van der Waals surface area (Å²) in [6, 6.07) is 13.2. The molecule has 4 heterocycles. The fourth-order valence-corrected chi connectivity index (χ4v) is 4.67. The van der Waals surface area contributed by atoms with E-state index in [1.807, 2.05) is 41.0 Å². The molecule has 4 aromatic rings. The van der Waals surface area contributed by atoms with Gasteiger partial charge in [-0.1, -0.05) is 30.9 Å². The predicted molar refractivity (Wildman–Crippen MR) is 149 cm³/mol. The number of nitrogens with one attached hydrogen (secondary N) is 1. The van der Waals surface area contributed by atoms with Gasteiger partial charge in [0, 0.05) is 41.5 Å². The van der Waals surface area contributed by atoms with Crippen LogP contribution in [0.4, 0.5) is 0 Å². The Balaban J connectivity index is 1.41. The lowest BCUT2D eigenvalue weighted by atomic mass is 9.85. The molecule has 9 nitrogen and oxygen atoms in total. The number of fused-ring (bicyclic) bond motifs is 1. The highest BCUT2D eigenvalue weighted by molar-refractivity contribution is 6.03. The molecule has 0 saturated carbocycles. The number of carbonyl (C=O) groups excluding carboxylic acids is 2. The quantitative estimate of drug-likeness (QED) is 0.290. The molecule has 1 N–H and O–H groups in total. The zero-order valence-electron chi connectivity index (χ0n) is 22.3. The van der Waals surface area contributed by atoms with Crippen molar-refractivity contribution < 1.29 is 19.1 Å². The summed E-state index contributed by atoms with van der Waals surface area (Å²) in [4.78, 5) is 38.8. The van der Waals surface area contributed by atoms with Crippen molar-refractivity contribution in [1.82, 2.24) is 24.8 Å². The van der Waals surface area contributed by atoms with E-state index in [4.69, 9.17) is 9.47 Å². The second-order valence-electron chi connectivity index (χ2n) is 9.04. The van der Waals surface area contributed by atoms with Crippen LogP contribution < -0.4 is 5.32 Å². The summed E-state index contributed by atoms with van der Waals surface area (Å²) in [6.07, 6.45) is 8.49. The molecule has 5 rings (SSSR count). The number of hydrogen-bond acceptors (Lipinski definition) is 8. The van der Waals surface area contributed by atoms with Crippen molar-refractivity contribution in [2.75, 3.05) is 13.2 Å². The first-order valence-electron chi connectivity index (χ1n) is 12.8. The topological polar surface area (TPSA) is 108 Å². The minimum absolute atomic E-state index is 0.0943. The van der Waals surface area contributed by atoms with Gasteiger partial charge in [-0.05, 0) is 49.7 Å². The maximum atomic E-state index is 13.1. The van der Waals surface area contributed by atoms with Gasteiger partial charge in [0.2, 0.25) is 0 Å². The molecule has 0 spiro atoms. The number of pyridine rings is 2. The molecule has 0 amide bonds. The third kappa shape index (κ3) is 5.33. The van der Waals surface area contributed by atoms with E-state index in [1.165, 1.54) is 0 Å². The number of ether oxygens (including phenoxy) is 2. The van der Waals surface area contributed by atoms with Crippen LogP contribution in [-0.4, -0.2) is 44.7 Å². The van der Waals surface area contributed by atoms with Crippen LogP contribution in [0.15, 0.2) is 90.4 Å². The molecule has 1 unspecified atom stereocenters. The van der Waals surface area contributed by atoms with Crippen LogP contribution in [0.3, 0.4) is 0 Å². The van der Waals surface area contributed by atoms with Gasteiger partial charge >= 0.3 is 11.9 Å². The second kappa shape index (κ2) is 11.7. The van der Waals surface area contributed by atoms with Crippen LogP contribution in [0.2, 0.25) is 0 Å². The Bertz CT molecular complexity index is 1690. The molecule has 0 bridgehead atoms. The van der Waals surface area contributed by atoms with Crippen LogP contribution in [0.5, 0.6) is 0 Å². The first kappa shape index (κ1) is 26.4. The van der Waals surface area contributed by atoms with Gasteiger partial charge in [-0.25, -0.2) is 14.6 Å². The van der Waals surface area contributed by atoms with Crippen LogP contribution in [0, 0.1) is 17.8 Å². The third-order valence-corrected chi connectivity index (χ3v) is 6.52. The summed E-state index contributed by atoms with van der Waals surface area (Å²) in [5.74, 6) is 4.12. The minimum atomic E-state index is -0.571. The molecule has 1 aromatic carbocycles. The molecule has 0 aliphatic carbocycles. The van der Waals surface area contributed by atoms with E-state index in [0.29, 0.717) is 22.5 Å². The molecular weight excluding hydrogens is 506 g/mol. The number of esters is 2. The lowest BCUT2D eigenvalue weighted by Gasteiger charge is -2.29. The predicted octanol–water partition coefficient (Wildman–Crippen LogP) is 4.20. The molecule has 0 saturated heterocycles. The number of allylic oxidation sites excluding steroid dienone is 1. The second-order valence-corrected chi connectivity index (χ2v) is 9.04. The molecule has 1 aliphatic rings. The van der Waals surface area contributed by atoms with Crippen molar-refractivity contribution in [3.05, 3.63) is 102 Å². The van der Waals surface area contributed by atoms with Crippen molar-refractivity contribution in [3.8, 4) is 17.5 Å². The van der Waals surface area contributed by atoms with Crippen LogP contribution in [-0.2, 0) is 19.1 Å². The van der Waals surface area contributed by atoms with Gasteiger partial charge in [0.25, 0.3) is 0 Å².